The van der Waals surface area contributed by atoms with Crippen LogP contribution in [0.3, 0.4) is 0 Å². The topological polar surface area (TPSA) is 36.9 Å². The molecule has 0 radical (unpaired) electrons. The van der Waals surface area contributed by atoms with Crippen molar-refractivity contribution < 1.29 is 18.6 Å². The van der Waals surface area contributed by atoms with Gasteiger partial charge in [-0.25, -0.2) is 0 Å². The van der Waals surface area contributed by atoms with Gasteiger partial charge in [-0.2, -0.15) is 0 Å². The Morgan fingerprint density at radius 1 is 0.694 bits per heavy atom. The van der Waals surface area contributed by atoms with Crippen molar-refractivity contribution in [3.63, 3.8) is 0 Å². The van der Waals surface area contributed by atoms with Crippen LogP contribution in [-0.2, 0) is 31.5 Å². The van der Waals surface area contributed by atoms with Gasteiger partial charge >= 0.3 is 14.8 Å². The lowest BCUT2D eigenvalue weighted by molar-refractivity contribution is 0.00578. The monoisotopic (exact) mass is 492 g/mol. The molecule has 0 aromatic heterocycles. The van der Waals surface area contributed by atoms with Crippen molar-refractivity contribution in [1.82, 2.24) is 0 Å². The molecule has 6 heteroatoms. The maximum Gasteiger partial charge on any atom is 0.457 e. The van der Waals surface area contributed by atoms with Crippen molar-refractivity contribution in [1.29, 1.82) is 0 Å². The summed E-state index contributed by atoms with van der Waals surface area (Å²) in [6.45, 7) is 20.2. The summed E-state index contributed by atoms with van der Waals surface area (Å²) in [5, 5.41) is 0. The van der Waals surface area contributed by atoms with E-state index < -0.39 is 0 Å². The molecule has 2 heterocycles. The lowest BCUT2D eigenvalue weighted by atomic mass is 9.82. The molecule has 2 fully saturated rings. The van der Waals surface area contributed by atoms with Crippen molar-refractivity contribution >= 4 is 14.8 Å². The van der Waals surface area contributed by atoms with Crippen LogP contribution in [-0.4, -0.2) is 37.2 Å². The van der Waals surface area contributed by atoms with Gasteiger partial charge in [0.25, 0.3) is 0 Å². The van der Waals surface area contributed by atoms with Crippen LogP contribution in [0.1, 0.15) is 72.9 Å². The number of allylic oxidation sites excluding steroid dienone is 1. The molecule has 4 rings (SSSR count). The summed E-state index contributed by atoms with van der Waals surface area (Å²) in [5.41, 5.74) is 2.04. The van der Waals surface area contributed by atoms with Crippen molar-refractivity contribution in [3.05, 3.63) is 84.4 Å². The van der Waals surface area contributed by atoms with E-state index in [9.17, 15) is 0 Å². The summed E-state index contributed by atoms with van der Waals surface area (Å²) < 4.78 is 22.6. The predicted molar refractivity (Wildman–Crippen MR) is 153 cm³/mol. The highest BCUT2D eigenvalue weighted by Gasteiger charge is 2.50. The maximum atomic E-state index is 5.98. The second kappa shape index (κ2) is 13.1. The molecule has 4 nitrogen and oxygen atoms in total. The van der Waals surface area contributed by atoms with E-state index in [1.165, 1.54) is 11.1 Å². The molecule has 2 aliphatic rings. The van der Waals surface area contributed by atoms with Crippen molar-refractivity contribution in [2.75, 3.05) is 0 Å². The van der Waals surface area contributed by atoms with E-state index in [-0.39, 0.29) is 29.5 Å². The van der Waals surface area contributed by atoms with Gasteiger partial charge in [-0.05, 0) is 85.7 Å². The van der Waals surface area contributed by atoms with Crippen LogP contribution in [0, 0.1) is 0 Å². The van der Waals surface area contributed by atoms with Crippen LogP contribution >= 0.6 is 0 Å². The third-order valence-corrected chi connectivity index (χ3v) is 7.56. The highest BCUT2D eigenvalue weighted by molar-refractivity contribution is 6.45. The van der Waals surface area contributed by atoms with Gasteiger partial charge in [-0.1, -0.05) is 73.2 Å². The summed E-state index contributed by atoms with van der Waals surface area (Å²) in [4.78, 5) is 0. The molecular weight excluding hydrogens is 446 g/mol. The van der Waals surface area contributed by atoms with Crippen LogP contribution in [0.2, 0.25) is 6.32 Å². The first kappa shape index (κ1) is 30.4. The minimum atomic E-state index is -0.204. The third-order valence-electron chi connectivity index (χ3n) is 7.56. The SMILES string of the molecule is C=CCc1ccccc1.CC1(C)OB(CCCc2ccccc2)OC1(C)C.CC1(C)OBOC1(C)C. The van der Waals surface area contributed by atoms with Gasteiger partial charge in [-0.3, -0.25) is 0 Å². The smallest absolute Gasteiger partial charge is 0.406 e. The standard InChI is InChI=1S/C15H23BO2.C9H10.C6H13BO2/c1-14(2)15(3,4)18-16(17-14)12-8-11-13-9-6-5-7-10-13;1-2-6-9-7-4-3-5-8-9;1-5(2)6(3,4)9-7-8-5/h5-7,9-10H,8,11-12H2,1-4H3;2-5,7-8H,1,6H2;7H,1-4H3. The van der Waals surface area contributed by atoms with E-state index in [1.54, 1.807) is 0 Å². The molecule has 2 aliphatic heterocycles. The average molecular weight is 492 g/mol. The largest absolute Gasteiger partial charge is 0.457 e. The number of rotatable bonds is 6. The summed E-state index contributed by atoms with van der Waals surface area (Å²) in [7, 11) is 0.374. The van der Waals surface area contributed by atoms with Crippen LogP contribution < -0.4 is 0 Å². The molecule has 36 heavy (non-hydrogen) atoms. The summed E-state index contributed by atoms with van der Waals surface area (Å²) in [6.07, 6.45) is 6.03. The molecule has 0 spiro atoms. The van der Waals surface area contributed by atoms with Crippen molar-refractivity contribution in [2.45, 2.75) is 103 Å². The Balaban J connectivity index is 0.000000212. The average Bonchev–Trinajstić information content (AvgIpc) is 3.17. The Labute approximate surface area is 221 Å². The van der Waals surface area contributed by atoms with Gasteiger partial charge in [-0.15, -0.1) is 6.58 Å². The fraction of sp³-hybridized carbons (Fsp3) is 0.533. The molecule has 196 valence electrons. The van der Waals surface area contributed by atoms with Gasteiger partial charge in [0.05, 0.1) is 22.4 Å². The molecule has 0 bridgehead atoms. The lowest BCUT2D eigenvalue weighted by Gasteiger charge is -2.32. The highest BCUT2D eigenvalue weighted by atomic mass is 16.7. The Hall–Kier alpha value is -1.85. The molecule has 0 unspecified atom stereocenters. The molecule has 0 N–H and O–H groups in total. The molecule has 0 amide bonds. The first-order chi connectivity index (χ1) is 16.8. The summed E-state index contributed by atoms with van der Waals surface area (Å²) in [6, 6.07) is 20.9. The van der Waals surface area contributed by atoms with Crippen LogP contribution in [0.4, 0.5) is 0 Å². The van der Waals surface area contributed by atoms with Gasteiger partial charge < -0.3 is 18.6 Å². The zero-order chi connectivity index (χ0) is 26.9. The van der Waals surface area contributed by atoms with Gasteiger partial charge in [0.1, 0.15) is 0 Å². The van der Waals surface area contributed by atoms with Gasteiger partial charge in [0.2, 0.25) is 0 Å². The van der Waals surface area contributed by atoms with Crippen LogP contribution in [0.25, 0.3) is 0 Å². The Bertz CT molecular complexity index is 881. The zero-order valence-electron chi connectivity index (χ0n) is 23.8. The van der Waals surface area contributed by atoms with E-state index >= 15 is 0 Å². The lowest BCUT2D eigenvalue weighted by Crippen LogP contribution is -2.41. The van der Waals surface area contributed by atoms with Crippen LogP contribution in [0.5, 0.6) is 0 Å². The fourth-order valence-corrected chi connectivity index (χ4v) is 3.65. The number of hydrogen-bond acceptors (Lipinski definition) is 4. The normalized spacial score (nSPS) is 20.3. The first-order valence-corrected chi connectivity index (χ1v) is 13.1. The quantitative estimate of drug-likeness (QED) is 0.322. The minimum Gasteiger partial charge on any atom is -0.406 e. The molecule has 0 aliphatic carbocycles. The van der Waals surface area contributed by atoms with Gasteiger partial charge in [0.15, 0.2) is 0 Å². The second-order valence-electron chi connectivity index (χ2n) is 11.5. The van der Waals surface area contributed by atoms with E-state index in [2.05, 4.69) is 76.7 Å². The third kappa shape index (κ3) is 8.92. The first-order valence-electron chi connectivity index (χ1n) is 13.1. The van der Waals surface area contributed by atoms with Gasteiger partial charge in [0, 0.05) is 0 Å². The number of aryl methyl sites for hydroxylation is 1. The van der Waals surface area contributed by atoms with E-state index in [0.29, 0.717) is 7.69 Å². The molecule has 2 aromatic carbocycles. The fourth-order valence-electron chi connectivity index (χ4n) is 3.65. The Morgan fingerprint density at radius 3 is 1.53 bits per heavy atom. The Morgan fingerprint density at radius 2 is 1.14 bits per heavy atom. The maximum absolute atomic E-state index is 5.98. The summed E-state index contributed by atoms with van der Waals surface area (Å²) >= 11 is 0. The zero-order valence-corrected chi connectivity index (χ0v) is 23.8. The second-order valence-corrected chi connectivity index (χ2v) is 11.5. The van der Waals surface area contributed by atoms with Crippen molar-refractivity contribution in [2.24, 2.45) is 0 Å². The van der Waals surface area contributed by atoms with E-state index in [1.807, 2.05) is 52.0 Å². The molecule has 0 atom stereocenters. The molecule has 2 saturated heterocycles. The minimum absolute atomic E-state index is 0.0567. The molecule has 2 aromatic rings. The van der Waals surface area contributed by atoms with E-state index in [0.717, 1.165) is 25.6 Å². The van der Waals surface area contributed by atoms with Crippen LogP contribution in [0.15, 0.2) is 73.3 Å². The number of hydrogen-bond donors (Lipinski definition) is 0. The summed E-state index contributed by atoms with van der Waals surface area (Å²) in [5.74, 6) is 0. The predicted octanol–water partition coefficient (Wildman–Crippen LogP) is 6.98. The Kier molecular flexibility index (Phi) is 11.0. The molecule has 0 saturated carbocycles. The molecular formula is C30H46B2O4. The number of benzene rings is 2. The van der Waals surface area contributed by atoms with Crippen molar-refractivity contribution in [3.8, 4) is 0 Å². The van der Waals surface area contributed by atoms with E-state index in [4.69, 9.17) is 18.6 Å². The highest BCUT2D eigenvalue weighted by Crippen LogP contribution is 2.38.